The number of allylic oxidation sites excluding steroid dienone is 1. The Kier molecular flexibility index (Phi) is 13.3. The molecule has 56 heavy (non-hydrogen) atoms. The van der Waals surface area contributed by atoms with E-state index in [0.717, 1.165) is 16.8 Å². The number of carbonyl (C=O) groups is 6. The van der Waals surface area contributed by atoms with Gasteiger partial charge in [-0.2, -0.15) is 0 Å². The summed E-state index contributed by atoms with van der Waals surface area (Å²) >= 11 is 0. The van der Waals surface area contributed by atoms with Crippen molar-refractivity contribution in [2.45, 2.75) is 77.6 Å². The zero-order valence-corrected chi connectivity index (χ0v) is 32.0. The highest BCUT2D eigenvalue weighted by Crippen LogP contribution is 2.42. The molecule has 0 aliphatic carbocycles. The van der Waals surface area contributed by atoms with Crippen molar-refractivity contribution >= 4 is 52.8 Å². The normalized spacial score (nSPS) is 15.2. The van der Waals surface area contributed by atoms with E-state index in [-0.39, 0.29) is 72.6 Å². The Labute approximate surface area is 325 Å². The van der Waals surface area contributed by atoms with Crippen molar-refractivity contribution in [3.63, 3.8) is 0 Å². The molecular weight excluding hydrogens is 722 g/mol. The van der Waals surface area contributed by atoms with Crippen molar-refractivity contribution in [1.82, 2.24) is 10.6 Å². The van der Waals surface area contributed by atoms with E-state index in [9.17, 15) is 33.9 Å². The number of unbranched alkanes of at least 4 members (excludes halogenated alkanes) is 1. The van der Waals surface area contributed by atoms with Gasteiger partial charge in [0.15, 0.2) is 11.5 Å². The van der Waals surface area contributed by atoms with Crippen LogP contribution in [0.1, 0.15) is 67.9 Å². The molecule has 3 aromatic rings. The predicted molar refractivity (Wildman–Crippen MR) is 207 cm³/mol. The third kappa shape index (κ3) is 9.83. The number of rotatable bonds is 14. The second-order valence-electron chi connectivity index (χ2n) is 13.9. The smallest absolute Gasteiger partial charge is 0.414 e. The number of carbonyl (C=O) groups excluding carboxylic acids is 6. The van der Waals surface area contributed by atoms with Crippen molar-refractivity contribution in [3.8, 4) is 11.5 Å². The van der Waals surface area contributed by atoms with Gasteiger partial charge >= 0.3 is 12.1 Å². The van der Waals surface area contributed by atoms with Crippen LogP contribution in [0.5, 0.6) is 11.5 Å². The van der Waals surface area contributed by atoms with Crippen molar-refractivity contribution < 1.29 is 48.1 Å². The highest BCUT2D eigenvalue weighted by Gasteiger charge is 2.42. The SMILES string of the molecule is COC(=O)CCCCC(=O)NC(C=C(C)C)C(=O)N[C@@H](C)C(=O)Nc1ccc(COC(=O)N2C[C@@H]3Cc4ccccc4N3C(=O)c3cc(OC)c(O)cc32)cc1. The molecule has 0 fully saturated rings. The molecule has 1 unspecified atom stereocenters. The first-order valence-electron chi connectivity index (χ1n) is 18.3. The second kappa shape index (κ2) is 18.3. The molecule has 3 aromatic carbocycles. The van der Waals surface area contributed by atoms with E-state index in [1.165, 1.54) is 38.2 Å². The van der Waals surface area contributed by atoms with Crippen LogP contribution in [0.4, 0.5) is 21.9 Å². The molecule has 0 spiro atoms. The Bertz CT molecular complexity index is 2010. The summed E-state index contributed by atoms with van der Waals surface area (Å²) in [5.41, 5.74) is 3.96. The van der Waals surface area contributed by atoms with Crippen molar-refractivity contribution in [3.05, 3.63) is 89.0 Å². The molecule has 3 atom stereocenters. The first kappa shape index (κ1) is 40.8. The van der Waals surface area contributed by atoms with Gasteiger partial charge in [0.25, 0.3) is 5.91 Å². The fourth-order valence-electron chi connectivity index (χ4n) is 6.55. The van der Waals surface area contributed by atoms with Gasteiger partial charge in [-0.25, -0.2) is 4.79 Å². The lowest BCUT2D eigenvalue weighted by molar-refractivity contribution is -0.140. The number of fused-ring (bicyclic) bond motifs is 4. The van der Waals surface area contributed by atoms with Crippen LogP contribution >= 0.6 is 0 Å². The van der Waals surface area contributed by atoms with E-state index in [1.54, 1.807) is 49.1 Å². The first-order valence-corrected chi connectivity index (χ1v) is 18.3. The third-order valence-corrected chi connectivity index (χ3v) is 9.42. The Hall–Kier alpha value is -6.38. The average Bonchev–Trinajstić information content (AvgIpc) is 3.50. The molecule has 0 bridgehead atoms. The molecule has 2 heterocycles. The quantitative estimate of drug-likeness (QED) is 0.101. The minimum Gasteiger partial charge on any atom is -0.504 e. The topological polar surface area (TPSA) is 193 Å². The molecule has 296 valence electrons. The number of hydrogen-bond acceptors (Lipinski definition) is 10. The standard InChI is InChI=1S/C41H47N5O10/c1-24(2)18-31(44-36(48)12-8-9-13-37(49)55-5)39(51)42-25(3)38(50)43-28-16-14-26(15-17-28)23-56-41(53)45-22-29-19-27-10-6-7-11-32(27)46(29)40(52)30-20-35(54-4)34(47)21-33(30)45/h6-7,10-11,14-18,20-21,25,29,31,47H,8-9,12-13,19,22-23H2,1-5H3,(H,42,51)(H,43,50)(H,44,48)/t25-,29-,31?/m0/s1. The molecule has 0 radical (unpaired) electrons. The van der Waals surface area contributed by atoms with Crippen molar-refractivity contribution in [2.75, 3.05) is 35.9 Å². The summed E-state index contributed by atoms with van der Waals surface area (Å²) < 4.78 is 15.6. The minimum absolute atomic E-state index is 0.0959. The number of amides is 5. The van der Waals surface area contributed by atoms with Crippen LogP contribution < -0.4 is 30.5 Å². The molecular formula is C41H47N5O10. The molecule has 2 aliphatic heterocycles. The van der Waals surface area contributed by atoms with Gasteiger partial charge in [0, 0.05) is 30.3 Å². The summed E-state index contributed by atoms with van der Waals surface area (Å²) in [6.07, 6.45) is 2.63. The number of ether oxygens (including phenoxy) is 3. The largest absolute Gasteiger partial charge is 0.504 e. The van der Waals surface area contributed by atoms with Gasteiger partial charge in [0.05, 0.1) is 38.1 Å². The molecule has 2 aliphatic rings. The lowest BCUT2D eigenvalue weighted by atomic mass is 10.1. The number of benzene rings is 3. The number of hydrogen-bond donors (Lipinski definition) is 4. The predicted octanol–water partition coefficient (Wildman–Crippen LogP) is 4.76. The van der Waals surface area contributed by atoms with Gasteiger partial charge in [-0.3, -0.25) is 28.9 Å². The van der Waals surface area contributed by atoms with Crippen LogP contribution in [0, 0.1) is 0 Å². The van der Waals surface area contributed by atoms with Gasteiger partial charge < -0.3 is 40.2 Å². The number of methoxy groups -OCH3 is 2. The Morgan fingerprint density at radius 2 is 1.64 bits per heavy atom. The van der Waals surface area contributed by atoms with Crippen LogP contribution in [0.25, 0.3) is 0 Å². The van der Waals surface area contributed by atoms with Gasteiger partial charge in [0.1, 0.15) is 18.7 Å². The highest BCUT2D eigenvalue weighted by molar-refractivity contribution is 6.14. The van der Waals surface area contributed by atoms with Crippen LogP contribution in [-0.2, 0) is 41.7 Å². The highest BCUT2D eigenvalue weighted by atomic mass is 16.6. The number of aromatic hydroxyl groups is 1. The maximum Gasteiger partial charge on any atom is 0.414 e. The molecule has 5 rings (SSSR count). The van der Waals surface area contributed by atoms with E-state index < -0.39 is 30.0 Å². The molecule has 0 saturated heterocycles. The third-order valence-electron chi connectivity index (χ3n) is 9.42. The summed E-state index contributed by atoms with van der Waals surface area (Å²) in [6, 6.07) is 14.6. The summed E-state index contributed by atoms with van der Waals surface area (Å²) in [7, 11) is 2.68. The number of nitrogens with zero attached hydrogens (tertiary/aromatic N) is 2. The maximum atomic E-state index is 13.9. The molecule has 4 N–H and O–H groups in total. The molecule has 5 amide bonds. The Morgan fingerprint density at radius 3 is 2.34 bits per heavy atom. The summed E-state index contributed by atoms with van der Waals surface area (Å²) in [5, 5.41) is 18.7. The van der Waals surface area contributed by atoms with Gasteiger partial charge in [0.2, 0.25) is 17.7 Å². The van der Waals surface area contributed by atoms with Crippen LogP contribution in [0.3, 0.4) is 0 Å². The monoisotopic (exact) mass is 769 g/mol. The van der Waals surface area contributed by atoms with E-state index in [1.807, 2.05) is 24.3 Å². The summed E-state index contributed by atoms with van der Waals surface area (Å²) in [6.45, 7) is 5.08. The Morgan fingerprint density at radius 1 is 0.929 bits per heavy atom. The number of nitrogens with one attached hydrogen (secondary N) is 3. The number of phenolic OH excluding ortho intramolecular Hbond substituents is 1. The zero-order valence-electron chi connectivity index (χ0n) is 32.0. The van der Waals surface area contributed by atoms with Crippen LogP contribution in [0.15, 0.2) is 72.3 Å². The van der Waals surface area contributed by atoms with E-state index in [4.69, 9.17) is 9.47 Å². The van der Waals surface area contributed by atoms with Crippen LogP contribution in [0.2, 0.25) is 0 Å². The summed E-state index contributed by atoms with van der Waals surface area (Å²) in [4.78, 5) is 80.6. The van der Waals surface area contributed by atoms with Gasteiger partial charge in [-0.15, -0.1) is 0 Å². The van der Waals surface area contributed by atoms with Gasteiger partial charge in [-0.1, -0.05) is 42.0 Å². The lowest BCUT2D eigenvalue weighted by Gasteiger charge is -2.26. The molecule has 15 heteroatoms. The lowest BCUT2D eigenvalue weighted by Crippen LogP contribution is -2.51. The minimum atomic E-state index is -1.00. The van der Waals surface area contributed by atoms with E-state index in [2.05, 4.69) is 20.7 Å². The van der Waals surface area contributed by atoms with Crippen LogP contribution in [-0.4, -0.2) is 79.7 Å². The Balaban J connectivity index is 1.17. The second-order valence-corrected chi connectivity index (χ2v) is 13.9. The average molecular weight is 770 g/mol. The summed E-state index contributed by atoms with van der Waals surface area (Å²) in [5.74, 6) is -2.25. The molecule has 15 nitrogen and oxygen atoms in total. The molecule has 0 saturated carbocycles. The van der Waals surface area contributed by atoms with E-state index in [0.29, 0.717) is 30.5 Å². The number of para-hydroxylation sites is 1. The van der Waals surface area contributed by atoms with Gasteiger partial charge in [-0.05, 0) is 75.4 Å². The number of phenols is 1. The van der Waals surface area contributed by atoms with Crippen molar-refractivity contribution in [1.29, 1.82) is 0 Å². The van der Waals surface area contributed by atoms with E-state index >= 15 is 0 Å². The fraction of sp³-hybridized carbons (Fsp3) is 0.366. The number of anilines is 3. The number of esters is 1. The zero-order chi connectivity index (χ0) is 40.5. The first-order chi connectivity index (χ1) is 26.8. The maximum absolute atomic E-state index is 13.9. The van der Waals surface area contributed by atoms with Crippen molar-refractivity contribution in [2.24, 2.45) is 0 Å². The fourth-order valence-corrected chi connectivity index (χ4v) is 6.55. The molecule has 0 aromatic heterocycles.